The number of nitrogens with one attached hydrogen (secondary N) is 1. The van der Waals surface area contributed by atoms with Gasteiger partial charge in [-0.05, 0) is 24.3 Å². The van der Waals surface area contributed by atoms with Crippen molar-refractivity contribution in [1.82, 2.24) is 15.1 Å². The number of pyridine rings is 1. The summed E-state index contributed by atoms with van der Waals surface area (Å²) in [6.45, 7) is 0.704. The standard InChI is InChI=1S/C13H13N5O/c14-10-3-4-11(9-2-1-6-16-13(9)10)15-7-5-12-17-8-18-19-12/h1-4,6,8,15H,5,7,14H2. The van der Waals surface area contributed by atoms with Crippen LogP contribution in [0, 0.1) is 0 Å². The van der Waals surface area contributed by atoms with Crippen molar-refractivity contribution in [3.8, 4) is 0 Å². The molecule has 0 aliphatic carbocycles. The van der Waals surface area contributed by atoms with Crippen LogP contribution in [0.4, 0.5) is 11.4 Å². The Morgan fingerprint density at radius 1 is 1.21 bits per heavy atom. The minimum atomic E-state index is 0.616. The molecule has 0 spiro atoms. The maximum absolute atomic E-state index is 5.91. The number of nitrogen functional groups attached to an aromatic ring is 1. The molecule has 0 amide bonds. The lowest BCUT2D eigenvalue weighted by Gasteiger charge is -2.09. The number of hydrogen-bond acceptors (Lipinski definition) is 6. The lowest BCUT2D eigenvalue weighted by Crippen LogP contribution is -2.06. The summed E-state index contributed by atoms with van der Waals surface area (Å²) in [6.07, 6.45) is 3.81. The minimum Gasteiger partial charge on any atom is -0.397 e. The highest BCUT2D eigenvalue weighted by atomic mass is 16.5. The summed E-state index contributed by atoms with van der Waals surface area (Å²) in [4.78, 5) is 8.27. The van der Waals surface area contributed by atoms with E-state index in [1.54, 1.807) is 6.20 Å². The summed E-state index contributed by atoms with van der Waals surface area (Å²) >= 11 is 0. The molecule has 0 radical (unpaired) electrons. The number of nitrogens with two attached hydrogens (primary N) is 1. The van der Waals surface area contributed by atoms with Crippen LogP contribution in [0.25, 0.3) is 10.9 Å². The summed E-state index contributed by atoms with van der Waals surface area (Å²) in [7, 11) is 0. The second-order valence-corrected chi connectivity index (χ2v) is 4.11. The first-order chi connectivity index (χ1) is 9.34. The predicted molar refractivity (Wildman–Crippen MR) is 72.6 cm³/mol. The molecule has 0 fully saturated rings. The molecule has 0 aliphatic heterocycles. The lowest BCUT2D eigenvalue weighted by atomic mass is 10.1. The van der Waals surface area contributed by atoms with Crippen molar-refractivity contribution in [2.24, 2.45) is 0 Å². The monoisotopic (exact) mass is 255 g/mol. The van der Waals surface area contributed by atoms with Crippen molar-refractivity contribution < 1.29 is 4.52 Å². The van der Waals surface area contributed by atoms with Gasteiger partial charge in [-0.1, -0.05) is 5.16 Å². The molecule has 6 nitrogen and oxygen atoms in total. The van der Waals surface area contributed by atoms with Crippen molar-refractivity contribution in [2.45, 2.75) is 6.42 Å². The van der Waals surface area contributed by atoms with Crippen molar-refractivity contribution in [3.05, 3.63) is 42.7 Å². The van der Waals surface area contributed by atoms with Gasteiger partial charge in [0.15, 0.2) is 6.33 Å². The van der Waals surface area contributed by atoms with Crippen LogP contribution in [-0.2, 0) is 6.42 Å². The second-order valence-electron chi connectivity index (χ2n) is 4.11. The van der Waals surface area contributed by atoms with Crippen LogP contribution >= 0.6 is 0 Å². The van der Waals surface area contributed by atoms with Gasteiger partial charge in [-0.2, -0.15) is 4.98 Å². The third kappa shape index (κ3) is 2.33. The molecule has 1 aromatic carbocycles. The maximum atomic E-state index is 5.91. The molecule has 96 valence electrons. The van der Waals surface area contributed by atoms with Gasteiger partial charge in [0.25, 0.3) is 0 Å². The molecule has 6 heteroatoms. The van der Waals surface area contributed by atoms with Gasteiger partial charge >= 0.3 is 0 Å². The molecule has 0 unspecified atom stereocenters. The average Bonchev–Trinajstić information content (AvgIpc) is 2.95. The van der Waals surface area contributed by atoms with Crippen molar-refractivity contribution >= 4 is 22.3 Å². The molecular formula is C13H13N5O. The fraction of sp³-hybridized carbons (Fsp3) is 0.154. The highest BCUT2D eigenvalue weighted by molar-refractivity contribution is 5.98. The lowest BCUT2D eigenvalue weighted by molar-refractivity contribution is 0.380. The van der Waals surface area contributed by atoms with Gasteiger partial charge in [-0.25, -0.2) is 0 Å². The van der Waals surface area contributed by atoms with E-state index in [-0.39, 0.29) is 0 Å². The second kappa shape index (κ2) is 4.93. The summed E-state index contributed by atoms with van der Waals surface area (Å²) in [5.74, 6) is 0.616. The van der Waals surface area contributed by atoms with E-state index in [9.17, 15) is 0 Å². The van der Waals surface area contributed by atoms with Crippen molar-refractivity contribution in [1.29, 1.82) is 0 Å². The normalized spacial score (nSPS) is 10.7. The summed E-state index contributed by atoms with van der Waals surface area (Å²) in [6, 6.07) is 7.69. The van der Waals surface area contributed by atoms with E-state index in [1.165, 1.54) is 6.33 Å². The Labute approximate surface area is 109 Å². The van der Waals surface area contributed by atoms with Crippen LogP contribution in [0.2, 0.25) is 0 Å². The quantitative estimate of drug-likeness (QED) is 0.691. The molecule has 0 bridgehead atoms. The molecule has 0 aliphatic rings. The van der Waals surface area contributed by atoms with Gasteiger partial charge in [-0.3, -0.25) is 4.98 Å². The number of fused-ring (bicyclic) bond motifs is 1. The van der Waals surface area contributed by atoms with E-state index in [0.717, 1.165) is 16.6 Å². The molecule has 3 N–H and O–H groups in total. The van der Waals surface area contributed by atoms with Crippen LogP contribution in [-0.4, -0.2) is 21.7 Å². The Morgan fingerprint density at radius 3 is 3.00 bits per heavy atom. The third-order valence-electron chi connectivity index (χ3n) is 2.86. The van der Waals surface area contributed by atoms with Crippen molar-refractivity contribution in [3.63, 3.8) is 0 Å². The van der Waals surface area contributed by atoms with E-state index in [0.29, 0.717) is 24.5 Å². The highest BCUT2D eigenvalue weighted by Gasteiger charge is 2.05. The number of anilines is 2. The summed E-state index contributed by atoms with van der Waals surface area (Å²) < 4.78 is 4.94. The van der Waals surface area contributed by atoms with Crippen LogP contribution in [0.15, 0.2) is 41.3 Å². The largest absolute Gasteiger partial charge is 0.397 e. The fourth-order valence-corrected chi connectivity index (χ4v) is 1.96. The van der Waals surface area contributed by atoms with Gasteiger partial charge in [-0.15, -0.1) is 0 Å². The van der Waals surface area contributed by atoms with E-state index in [4.69, 9.17) is 10.3 Å². The molecule has 2 heterocycles. The van der Waals surface area contributed by atoms with E-state index >= 15 is 0 Å². The number of aromatic nitrogens is 3. The highest BCUT2D eigenvalue weighted by Crippen LogP contribution is 2.26. The first-order valence-corrected chi connectivity index (χ1v) is 5.97. The van der Waals surface area contributed by atoms with Gasteiger partial charge in [0, 0.05) is 30.2 Å². The molecule has 3 rings (SSSR count). The molecule has 3 aromatic rings. The number of nitrogens with zero attached hydrogens (tertiary/aromatic N) is 3. The Bertz CT molecular complexity index is 681. The van der Waals surface area contributed by atoms with Crippen LogP contribution < -0.4 is 11.1 Å². The van der Waals surface area contributed by atoms with Crippen LogP contribution in [0.5, 0.6) is 0 Å². The van der Waals surface area contributed by atoms with Crippen LogP contribution in [0.3, 0.4) is 0 Å². The zero-order chi connectivity index (χ0) is 13.1. The molecule has 0 atom stereocenters. The number of benzene rings is 1. The Hall–Kier alpha value is -2.63. The number of rotatable bonds is 4. The van der Waals surface area contributed by atoms with Gasteiger partial charge in [0.1, 0.15) is 0 Å². The Morgan fingerprint density at radius 2 is 2.16 bits per heavy atom. The first kappa shape index (κ1) is 11.5. The van der Waals surface area contributed by atoms with Gasteiger partial charge < -0.3 is 15.6 Å². The molecular weight excluding hydrogens is 242 g/mol. The topological polar surface area (TPSA) is 89.9 Å². The molecule has 19 heavy (non-hydrogen) atoms. The fourth-order valence-electron chi connectivity index (χ4n) is 1.96. The maximum Gasteiger partial charge on any atom is 0.228 e. The first-order valence-electron chi connectivity index (χ1n) is 5.97. The van der Waals surface area contributed by atoms with E-state index in [2.05, 4.69) is 20.4 Å². The zero-order valence-electron chi connectivity index (χ0n) is 10.2. The molecule has 0 saturated carbocycles. The van der Waals surface area contributed by atoms with Gasteiger partial charge in [0.05, 0.1) is 11.2 Å². The number of hydrogen-bond donors (Lipinski definition) is 2. The third-order valence-corrected chi connectivity index (χ3v) is 2.86. The average molecular weight is 255 g/mol. The Balaban J connectivity index is 1.79. The molecule has 0 saturated heterocycles. The zero-order valence-corrected chi connectivity index (χ0v) is 10.2. The summed E-state index contributed by atoms with van der Waals surface area (Å²) in [5.41, 5.74) is 8.39. The molecule has 2 aromatic heterocycles. The van der Waals surface area contributed by atoms with Crippen molar-refractivity contribution in [2.75, 3.05) is 17.6 Å². The van der Waals surface area contributed by atoms with E-state index < -0.39 is 0 Å². The van der Waals surface area contributed by atoms with Crippen LogP contribution in [0.1, 0.15) is 5.89 Å². The SMILES string of the molecule is Nc1ccc(NCCc2ncno2)c2cccnc12. The minimum absolute atomic E-state index is 0.616. The predicted octanol–water partition coefficient (Wildman–Crippen LogP) is 1.85. The van der Waals surface area contributed by atoms with E-state index in [1.807, 2.05) is 24.3 Å². The summed E-state index contributed by atoms with van der Waals surface area (Å²) in [5, 5.41) is 7.91. The van der Waals surface area contributed by atoms with Gasteiger partial charge in [0.2, 0.25) is 5.89 Å². The smallest absolute Gasteiger partial charge is 0.228 e. The Kier molecular flexibility index (Phi) is 2.97.